The standard InChI is InChI=1S/C28H34N2O4/c1-19(2)30-17-23(14-15-25(30)32)21-12-9-13-22(16-21)26(20-10-7-6-8-11-20)24(18-31)29-27(33)34-28(3,4)5/h6-17,19,24,26,31H,18H2,1-5H3,(H,29,33). The highest BCUT2D eigenvalue weighted by atomic mass is 16.6. The molecule has 0 saturated heterocycles. The third kappa shape index (κ3) is 6.35. The van der Waals surface area contributed by atoms with E-state index in [1.54, 1.807) is 31.4 Å². The van der Waals surface area contributed by atoms with Gasteiger partial charge in [0.05, 0.1) is 12.6 Å². The Morgan fingerprint density at radius 3 is 2.26 bits per heavy atom. The number of nitrogens with one attached hydrogen (secondary N) is 1. The molecule has 0 aliphatic rings. The Balaban J connectivity index is 2.03. The molecule has 0 aliphatic heterocycles. The van der Waals surface area contributed by atoms with Gasteiger partial charge in [-0.2, -0.15) is 0 Å². The summed E-state index contributed by atoms with van der Waals surface area (Å²) in [6, 6.07) is 20.6. The predicted molar refractivity (Wildman–Crippen MR) is 135 cm³/mol. The molecule has 2 N–H and O–H groups in total. The molecule has 3 rings (SSSR count). The van der Waals surface area contributed by atoms with Crippen molar-refractivity contribution in [1.29, 1.82) is 0 Å². The summed E-state index contributed by atoms with van der Waals surface area (Å²) in [4.78, 5) is 24.8. The fourth-order valence-corrected chi connectivity index (χ4v) is 4.00. The molecule has 2 atom stereocenters. The van der Waals surface area contributed by atoms with Crippen molar-refractivity contribution in [2.45, 2.75) is 58.2 Å². The maximum atomic E-state index is 12.5. The molecule has 180 valence electrons. The Morgan fingerprint density at radius 2 is 1.65 bits per heavy atom. The zero-order chi connectivity index (χ0) is 24.9. The number of hydrogen-bond donors (Lipinski definition) is 2. The number of carbonyl (C=O) groups excluding carboxylic acids is 1. The maximum absolute atomic E-state index is 12.5. The normalized spacial score (nSPS) is 13.4. The fraction of sp³-hybridized carbons (Fsp3) is 0.357. The molecule has 3 aromatic rings. The van der Waals surface area contributed by atoms with E-state index in [1.165, 1.54) is 0 Å². The van der Waals surface area contributed by atoms with Crippen LogP contribution in [0.2, 0.25) is 0 Å². The third-order valence-electron chi connectivity index (χ3n) is 5.53. The van der Waals surface area contributed by atoms with Crippen molar-refractivity contribution in [3.05, 3.63) is 94.4 Å². The van der Waals surface area contributed by atoms with Crippen LogP contribution in [0.1, 0.15) is 57.7 Å². The summed E-state index contributed by atoms with van der Waals surface area (Å²) in [6.45, 7) is 9.09. The molecule has 0 fully saturated rings. The molecule has 0 spiro atoms. The molecule has 0 saturated carbocycles. The van der Waals surface area contributed by atoms with Crippen molar-refractivity contribution < 1.29 is 14.6 Å². The van der Waals surface area contributed by atoms with Crippen LogP contribution >= 0.6 is 0 Å². The smallest absolute Gasteiger partial charge is 0.407 e. The van der Waals surface area contributed by atoms with Crippen LogP contribution in [0.4, 0.5) is 4.79 Å². The number of carbonyl (C=O) groups is 1. The van der Waals surface area contributed by atoms with Gasteiger partial charge in [0.25, 0.3) is 5.56 Å². The van der Waals surface area contributed by atoms with E-state index in [1.807, 2.05) is 80.7 Å². The van der Waals surface area contributed by atoms with Crippen molar-refractivity contribution in [3.8, 4) is 11.1 Å². The Morgan fingerprint density at radius 1 is 0.971 bits per heavy atom. The largest absolute Gasteiger partial charge is 0.444 e. The van der Waals surface area contributed by atoms with Gasteiger partial charge in [-0.15, -0.1) is 0 Å². The van der Waals surface area contributed by atoms with E-state index < -0.39 is 17.7 Å². The van der Waals surface area contributed by atoms with Gasteiger partial charge >= 0.3 is 6.09 Å². The number of nitrogens with zero attached hydrogens (tertiary/aromatic N) is 1. The number of hydrogen-bond acceptors (Lipinski definition) is 4. The highest BCUT2D eigenvalue weighted by molar-refractivity contribution is 5.69. The number of alkyl carbamates (subject to hydrolysis) is 1. The first-order chi connectivity index (χ1) is 16.1. The van der Waals surface area contributed by atoms with Gasteiger partial charge in [0.2, 0.25) is 0 Å². The quantitative estimate of drug-likeness (QED) is 0.511. The van der Waals surface area contributed by atoms with Crippen LogP contribution in [0.15, 0.2) is 77.7 Å². The van der Waals surface area contributed by atoms with Gasteiger partial charge in [-0.1, -0.05) is 54.6 Å². The van der Waals surface area contributed by atoms with Gasteiger partial charge in [-0.25, -0.2) is 4.79 Å². The van der Waals surface area contributed by atoms with Gasteiger partial charge in [-0.3, -0.25) is 4.79 Å². The Kier molecular flexibility index (Phi) is 7.94. The van der Waals surface area contributed by atoms with E-state index in [4.69, 9.17) is 4.74 Å². The summed E-state index contributed by atoms with van der Waals surface area (Å²) >= 11 is 0. The number of pyridine rings is 1. The summed E-state index contributed by atoms with van der Waals surface area (Å²) in [5.41, 5.74) is 3.07. The number of aliphatic hydroxyl groups excluding tert-OH is 1. The van der Waals surface area contributed by atoms with E-state index in [9.17, 15) is 14.7 Å². The molecule has 2 unspecified atom stereocenters. The zero-order valence-corrected chi connectivity index (χ0v) is 20.5. The van der Waals surface area contributed by atoms with Crippen LogP contribution in [0.25, 0.3) is 11.1 Å². The van der Waals surface area contributed by atoms with Crippen molar-refractivity contribution in [2.24, 2.45) is 0 Å². The van der Waals surface area contributed by atoms with E-state index in [2.05, 4.69) is 5.32 Å². The van der Waals surface area contributed by atoms with Crippen LogP contribution in [-0.4, -0.2) is 34.0 Å². The first kappa shape index (κ1) is 25.2. The Labute approximate surface area is 201 Å². The lowest BCUT2D eigenvalue weighted by atomic mass is 9.84. The molecule has 0 radical (unpaired) electrons. The number of amides is 1. The van der Waals surface area contributed by atoms with Gasteiger partial charge in [0, 0.05) is 24.2 Å². The van der Waals surface area contributed by atoms with Crippen molar-refractivity contribution >= 4 is 6.09 Å². The number of benzene rings is 2. The molecule has 6 heteroatoms. The second-order valence-electron chi connectivity index (χ2n) is 9.71. The lowest BCUT2D eigenvalue weighted by Crippen LogP contribution is -2.44. The van der Waals surface area contributed by atoms with Crippen molar-refractivity contribution in [1.82, 2.24) is 9.88 Å². The number of ether oxygens (including phenoxy) is 1. The van der Waals surface area contributed by atoms with Crippen LogP contribution in [0, 0.1) is 0 Å². The number of aromatic nitrogens is 1. The lowest BCUT2D eigenvalue weighted by molar-refractivity contribution is 0.0476. The monoisotopic (exact) mass is 462 g/mol. The minimum Gasteiger partial charge on any atom is -0.444 e. The fourth-order valence-electron chi connectivity index (χ4n) is 4.00. The molecule has 1 aromatic heterocycles. The number of rotatable bonds is 7. The molecular formula is C28H34N2O4. The lowest BCUT2D eigenvalue weighted by Gasteiger charge is -2.29. The van der Waals surface area contributed by atoms with Crippen LogP contribution in [-0.2, 0) is 4.74 Å². The van der Waals surface area contributed by atoms with E-state index >= 15 is 0 Å². The van der Waals surface area contributed by atoms with Crippen LogP contribution in [0.5, 0.6) is 0 Å². The average Bonchev–Trinajstić information content (AvgIpc) is 2.78. The summed E-state index contributed by atoms with van der Waals surface area (Å²) in [7, 11) is 0. The van der Waals surface area contributed by atoms with Gasteiger partial charge in [0.1, 0.15) is 5.60 Å². The van der Waals surface area contributed by atoms with E-state index in [0.717, 1.165) is 22.3 Å². The molecule has 34 heavy (non-hydrogen) atoms. The summed E-state index contributed by atoms with van der Waals surface area (Å²) in [6.07, 6.45) is 1.29. The minimum absolute atomic E-state index is 0.0426. The average molecular weight is 463 g/mol. The number of aliphatic hydroxyl groups is 1. The highest BCUT2D eigenvalue weighted by Gasteiger charge is 2.28. The maximum Gasteiger partial charge on any atom is 0.407 e. The topological polar surface area (TPSA) is 80.6 Å². The summed E-state index contributed by atoms with van der Waals surface area (Å²) in [5, 5.41) is 13.1. The van der Waals surface area contributed by atoms with E-state index in [0.29, 0.717) is 0 Å². The van der Waals surface area contributed by atoms with Gasteiger partial charge in [-0.05, 0) is 62.9 Å². The predicted octanol–water partition coefficient (Wildman–Crippen LogP) is 5.11. The van der Waals surface area contributed by atoms with Crippen molar-refractivity contribution in [3.63, 3.8) is 0 Å². The van der Waals surface area contributed by atoms with Gasteiger partial charge in [0.15, 0.2) is 0 Å². The minimum atomic E-state index is -0.647. The second kappa shape index (κ2) is 10.7. The molecular weight excluding hydrogens is 428 g/mol. The molecule has 0 bridgehead atoms. The molecule has 1 heterocycles. The Hall–Kier alpha value is -3.38. The third-order valence-corrected chi connectivity index (χ3v) is 5.53. The molecule has 0 aliphatic carbocycles. The van der Waals surface area contributed by atoms with Crippen molar-refractivity contribution in [2.75, 3.05) is 6.61 Å². The molecule has 2 aromatic carbocycles. The van der Waals surface area contributed by atoms with Crippen LogP contribution < -0.4 is 10.9 Å². The first-order valence-electron chi connectivity index (χ1n) is 11.6. The Bertz CT molecular complexity index is 1160. The second-order valence-corrected chi connectivity index (χ2v) is 9.71. The zero-order valence-electron chi connectivity index (χ0n) is 20.5. The first-order valence-corrected chi connectivity index (χ1v) is 11.6. The van der Waals surface area contributed by atoms with E-state index in [-0.39, 0.29) is 24.1 Å². The molecule has 6 nitrogen and oxygen atoms in total. The SMILES string of the molecule is CC(C)n1cc(-c2cccc(C(c3ccccc3)C(CO)NC(=O)OC(C)(C)C)c2)ccc1=O. The highest BCUT2D eigenvalue weighted by Crippen LogP contribution is 2.31. The van der Waals surface area contributed by atoms with Gasteiger partial charge < -0.3 is 19.7 Å². The summed E-state index contributed by atoms with van der Waals surface area (Å²) < 4.78 is 7.14. The van der Waals surface area contributed by atoms with Crippen LogP contribution in [0.3, 0.4) is 0 Å². The molecule has 1 amide bonds. The summed E-state index contributed by atoms with van der Waals surface area (Å²) in [5.74, 6) is -0.310.